The first kappa shape index (κ1) is 20.9. The second-order valence-corrected chi connectivity index (χ2v) is 9.47. The number of carbonyl (C=O) groups is 1. The number of nitriles is 1. The van der Waals surface area contributed by atoms with E-state index in [0.717, 1.165) is 49.4 Å². The molecule has 1 amide bonds. The number of nitrogens with zero attached hydrogens (tertiary/aromatic N) is 5. The van der Waals surface area contributed by atoms with Crippen molar-refractivity contribution < 1.29 is 4.79 Å². The number of rotatable bonds is 6. The molecule has 2 fully saturated rings. The molecule has 3 aromatic rings. The fourth-order valence-electron chi connectivity index (χ4n) is 5.07. The first-order valence-electron chi connectivity index (χ1n) is 11.1. The van der Waals surface area contributed by atoms with Crippen molar-refractivity contribution in [3.8, 4) is 6.07 Å². The van der Waals surface area contributed by atoms with Gasteiger partial charge < -0.3 is 15.1 Å². The van der Waals surface area contributed by atoms with E-state index in [2.05, 4.69) is 37.2 Å². The van der Waals surface area contributed by atoms with E-state index in [1.54, 1.807) is 17.5 Å². The number of benzene rings is 1. The zero-order valence-electron chi connectivity index (χ0n) is 18.1. The van der Waals surface area contributed by atoms with E-state index in [9.17, 15) is 4.79 Å². The molecule has 164 valence electrons. The molecule has 2 atom stereocenters. The van der Waals surface area contributed by atoms with Gasteiger partial charge in [0, 0.05) is 50.9 Å². The molecule has 32 heavy (non-hydrogen) atoms. The van der Waals surface area contributed by atoms with Gasteiger partial charge in [-0.2, -0.15) is 5.26 Å². The topological polar surface area (TPSA) is 85.2 Å². The summed E-state index contributed by atoms with van der Waals surface area (Å²) < 4.78 is 1.21. The Morgan fingerprint density at radius 2 is 2.09 bits per heavy atom. The molecule has 2 saturated heterocycles. The van der Waals surface area contributed by atoms with Crippen LogP contribution in [0.3, 0.4) is 0 Å². The minimum Gasteiger partial charge on any atom is -0.352 e. The summed E-state index contributed by atoms with van der Waals surface area (Å²) in [6.45, 7) is 5.04. The number of piperazine rings is 1. The van der Waals surface area contributed by atoms with Crippen molar-refractivity contribution in [3.63, 3.8) is 0 Å². The molecule has 5 rings (SSSR count). The van der Waals surface area contributed by atoms with Crippen molar-refractivity contribution in [3.05, 3.63) is 52.7 Å². The van der Waals surface area contributed by atoms with Crippen molar-refractivity contribution in [2.75, 3.05) is 24.5 Å². The molecule has 2 aliphatic rings. The van der Waals surface area contributed by atoms with Crippen LogP contribution < -0.4 is 10.2 Å². The lowest BCUT2D eigenvalue weighted by molar-refractivity contribution is -0.134. The lowest BCUT2D eigenvalue weighted by Crippen LogP contribution is -2.56. The highest BCUT2D eigenvalue weighted by atomic mass is 32.1. The fourth-order valence-corrected chi connectivity index (χ4v) is 5.88. The summed E-state index contributed by atoms with van der Waals surface area (Å²) in [6, 6.07) is 10.7. The summed E-state index contributed by atoms with van der Waals surface area (Å²) in [6.07, 6.45) is 4.24. The molecule has 0 saturated carbocycles. The molecule has 7 nitrogen and oxygen atoms in total. The summed E-state index contributed by atoms with van der Waals surface area (Å²) in [5.41, 5.74) is 5.75. The predicted octanol–water partition coefficient (Wildman–Crippen LogP) is 3.23. The highest BCUT2D eigenvalue weighted by molar-refractivity contribution is 7.16. The summed E-state index contributed by atoms with van der Waals surface area (Å²) in [4.78, 5) is 26.4. The van der Waals surface area contributed by atoms with Crippen LogP contribution in [0.1, 0.15) is 36.0 Å². The van der Waals surface area contributed by atoms with Gasteiger partial charge in [-0.1, -0.05) is 12.1 Å². The third kappa shape index (κ3) is 3.94. The molecule has 2 aliphatic heterocycles. The van der Waals surface area contributed by atoms with Crippen LogP contribution in [0.25, 0.3) is 10.2 Å². The Balaban J connectivity index is 1.16. The summed E-state index contributed by atoms with van der Waals surface area (Å²) in [7, 11) is 0. The SMILES string of the molecule is Cc1cc(C#N)cnc1N1CC2CCC(C1)N2C(=O)CCNCc1cccc2ncsc12. The molecule has 2 bridgehead atoms. The van der Waals surface area contributed by atoms with Crippen LogP contribution in [0.15, 0.2) is 36.0 Å². The maximum Gasteiger partial charge on any atom is 0.224 e. The molecule has 2 aromatic heterocycles. The van der Waals surface area contributed by atoms with Crippen LogP contribution in [0.2, 0.25) is 0 Å². The number of nitrogens with one attached hydrogen (secondary N) is 1. The average Bonchev–Trinajstić information content (AvgIpc) is 3.39. The van der Waals surface area contributed by atoms with Gasteiger partial charge >= 0.3 is 0 Å². The Morgan fingerprint density at radius 1 is 1.28 bits per heavy atom. The van der Waals surface area contributed by atoms with E-state index in [1.807, 2.05) is 30.6 Å². The van der Waals surface area contributed by atoms with Crippen molar-refractivity contribution >= 4 is 33.3 Å². The standard InChI is InChI=1S/C24H26N6OS/c1-16-9-17(10-25)11-27-24(16)29-13-19-5-6-20(14-29)30(19)22(31)7-8-26-12-18-3-2-4-21-23(18)32-15-28-21/h2-4,9,11,15,19-20,26H,5-8,12-14H2,1H3. The number of thiazole rings is 1. The first-order chi connectivity index (χ1) is 15.6. The molecule has 2 unspecified atom stereocenters. The summed E-state index contributed by atoms with van der Waals surface area (Å²) >= 11 is 1.66. The zero-order chi connectivity index (χ0) is 22.1. The number of fused-ring (bicyclic) bond motifs is 3. The number of hydrogen-bond donors (Lipinski definition) is 1. The van der Waals surface area contributed by atoms with Gasteiger partial charge in [-0.15, -0.1) is 11.3 Å². The lowest BCUT2D eigenvalue weighted by atomic mass is 10.1. The Kier molecular flexibility index (Phi) is 5.77. The number of anilines is 1. The second-order valence-electron chi connectivity index (χ2n) is 8.61. The highest BCUT2D eigenvalue weighted by Gasteiger charge is 2.42. The molecular weight excluding hydrogens is 420 g/mol. The van der Waals surface area contributed by atoms with E-state index in [4.69, 9.17) is 5.26 Å². The Hall–Kier alpha value is -3.02. The number of carbonyl (C=O) groups excluding carboxylic acids is 1. The van der Waals surface area contributed by atoms with E-state index >= 15 is 0 Å². The van der Waals surface area contributed by atoms with Crippen LogP contribution in [-0.2, 0) is 11.3 Å². The fraction of sp³-hybridized carbons (Fsp3) is 0.417. The third-order valence-corrected chi connectivity index (χ3v) is 7.44. The molecule has 1 aromatic carbocycles. The molecule has 4 heterocycles. The van der Waals surface area contributed by atoms with Crippen LogP contribution in [0.5, 0.6) is 0 Å². The van der Waals surface area contributed by atoms with Gasteiger partial charge in [0.1, 0.15) is 11.9 Å². The number of hydrogen-bond acceptors (Lipinski definition) is 7. The number of aryl methyl sites for hydroxylation is 1. The maximum absolute atomic E-state index is 13.0. The third-order valence-electron chi connectivity index (χ3n) is 6.52. The number of pyridine rings is 1. The van der Waals surface area contributed by atoms with E-state index in [-0.39, 0.29) is 18.0 Å². The molecule has 8 heteroatoms. The van der Waals surface area contributed by atoms with Gasteiger partial charge in [0.2, 0.25) is 5.91 Å². The number of amides is 1. The zero-order valence-corrected chi connectivity index (χ0v) is 18.9. The van der Waals surface area contributed by atoms with Gasteiger partial charge in [-0.05, 0) is 43.0 Å². The van der Waals surface area contributed by atoms with Gasteiger partial charge in [-0.3, -0.25) is 4.79 Å². The van der Waals surface area contributed by atoms with Crippen LogP contribution in [0, 0.1) is 18.3 Å². The largest absolute Gasteiger partial charge is 0.352 e. The van der Waals surface area contributed by atoms with Gasteiger partial charge in [0.25, 0.3) is 0 Å². The summed E-state index contributed by atoms with van der Waals surface area (Å²) in [5, 5.41) is 12.5. The molecular formula is C24H26N6OS. The lowest BCUT2D eigenvalue weighted by Gasteiger charge is -2.42. The van der Waals surface area contributed by atoms with Crippen molar-refractivity contribution in [1.29, 1.82) is 5.26 Å². The van der Waals surface area contributed by atoms with Crippen LogP contribution in [0.4, 0.5) is 5.82 Å². The molecule has 1 N–H and O–H groups in total. The van der Waals surface area contributed by atoms with Crippen molar-refractivity contribution in [2.24, 2.45) is 0 Å². The van der Waals surface area contributed by atoms with Crippen molar-refractivity contribution in [1.82, 2.24) is 20.2 Å². The van der Waals surface area contributed by atoms with Crippen LogP contribution >= 0.6 is 11.3 Å². The van der Waals surface area contributed by atoms with E-state index in [1.165, 1.54) is 10.3 Å². The van der Waals surface area contributed by atoms with E-state index < -0.39 is 0 Å². The van der Waals surface area contributed by atoms with Gasteiger partial charge in [-0.25, -0.2) is 9.97 Å². The molecule has 0 radical (unpaired) electrons. The molecule has 0 aliphatic carbocycles. The van der Waals surface area contributed by atoms with Gasteiger partial charge in [0.15, 0.2) is 0 Å². The normalized spacial score (nSPS) is 20.0. The van der Waals surface area contributed by atoms with E-state index in [0.29, 0.717) is 18.5 Å². The monoisotopic (exact) mass is 446 g/mol. The van der Waals surface area contributed by atoms with Gasteiger partial charge in [0.05, 0.1) is 21.3 Å². The first-order valence-corrected chi connectivity index (χ1v) is 12.0. The van der Waals surface area contributed by atoms with Crippen molar-refractivity contribution in [2.45, 2.75) is 44.8 Å². The minimum atomic E-state index is 0.240. The Bertz CT molecular complexity index is 1170. The van der Waals surface area contributed by atoms with Crippen LogP contribution in [-0.4, -0.2) is 52.5 Å². The number of aromatic nitrogens is 2. The predicted molar refractivity (Wildman–Crippen MR) is 126 cm³/mol. The Morgan fingerprint density at radius 3 is 2.84 bits per heavy atom. The summed E-state index contributed by atoms with van der Waals surface area (Å²) in [5.74, 6) is 1.18. The quantitative estimate of drug-likeness (QED) is 0.585. The Labute approximate surface area is 191 Å². The second kappa shape index (κ2) is 8.85. The highest BCUT2D eigenvalue weighted by Crippen LogP contribution is 2.33. The average molecular weight is 447 g/mol. The smallest absolute Gasteiger partial charge is 0.224 e. The maximum atomic E-state index is 13.0. The minimum absolute atomic E-state index is 0.240. The molecule has 0 spiro atoms.